The Morgan fingerprint density at radius 2 is 2.15 bits per heavy atom. The smallest absolute Gasteiger partial charge is 0.256 e. The molecule has 1 aliphatic rings. The second-order valence-corrected chi connectivity index (χ2v) is 5.31. The van der Waals surface area contributed by atoms with Crippen molar-refractivity contribution in [1.29, 1.82) is 0 Å². The molecule has 1 aromatic carbocycles. The van der Waals surface area contributed by atoms with Gasteiger partial charge in [-0.3, -0.25) is 4.79 Å². The van der Waals surface area contributed by atoms with E-state index in [1.165, 1.54) is 19.3 Å². The molecule has 108 valence electrons. The first-order valence-electron chi connectivity index (χ1n) is 7.49. The van der Waals surface area contributed by atoms with Crippen LogP contribution >= 0.6 is 0 Å². The number of para-hydroxylation sites is 1. The zero-order chi connectivity index (χ0) is 14.2. The molecule has 0 saturated heterocycles. The van der Waals surface area contributed by atoms with E-state index in [2.05, 4.69) is 24.6 Å². The van der Waals surface area contributed by atoms with E-state index in [1.54, 1.807) is 0 Å². The summed E-state index contributed by atoms with van der Waals surface area (Å²) in [4.78, 5) is 17.1. The molecule has 0 aromatic heterocycles. The highest BCUT2D eigenvalue weighted by Crippen LogP contribution is 2.39. The highest BCUT2D eigenvalue weighted by molar-refractivity contribution is 5.81. The maximum Gasteiger partial charge on any atom is 0.256 e. The van der Waals surface area contributed by atoms with Crippen molar-refractivity contribution >= 4 is 5.91 Å². The number of benzene rings is 1. The Kier molecular flexibility index (Phi) is 5.66. The van der Waals surface area contributed by atoms with Gasteiger partial charge in [-0.15, -0.1) is 0 Å². The van der Waals surface area contributed by atoms with Crippen molar-refractivity contribution in [3.8, 4) is 5.75 Å². The molecular weight excluding hydrogens is 250 g/mol. The van der Waals surface area contributed by atoms with Gasteiger partial charge in [0.05, 0.1) is 0 Å². The van der Waals surface area contributed by atoms with Crippen LogP contribution in [0, 0.1) is 11.8 Å². The van der Waals surface area contributed by atoms with Crippen LogP contribution in [0.4, 0.5) is 0 Å². The van der Waals surface area contributed by atoms with Crippen LogP contribution in [0.2, 0.25) is 0 Å². The molecule has 2 rings (SSSR count). The van der Waals surface area contributed by atoms with Gasteiger partial charge in [-0.05, 0) is 37.3 Å². The van der Waals surface area contributed by atoms with Crippen LogP contribution in [0.25, 0.3) is 0 Å². The number of unbranched alkanes of at least 4 members (excludes halogenated alkanes) is 3. The van der Waals surface area contributed by atoms with Gasteiger partial charge in [0, 0.05) is 5.92 Å². The molecule has 1 aromatic rings. The van der Waals surface area contributed by atoms with Crippen molar-refractivity contribution in [1.82, 2.24) is 5.48 Å². The topological polar surface area (TPSA) is 38.3 Å². The molecule has 1 aliphatic carbocycles. The Hall–Kier alpha value is -1.77. The van der Waals surface area contributed by atoms with Crippen molar-refractivity contribution in [2.24, 2.45) is 11.8 Å². The lowest BCUT2D eigenvalue weighted by Crippen LogP contribution is -2.28. The first kappa shape index (κ1) is 14.6. The molecule has 1 N–H and O–H groups in total. The second-order valence-electron chi connectivity index (χ2n) is 5.31. The molecule has 1 fully saturated rings. The molecule has 1 unspecified atom stereocenters. The first-order valence-corrected chi connectivity index (χ1v) is 7.49. The summed E-state index contributed by atoms with van der Waals surface area (Å²) in [5.41, 5.74) is 2.53. The molecule has 0 heterocycles. The summed E-state index contributed by atoms with van der Waals surface area (Å²) in [6.45, 7) is 2.21. The molecular formula is C17H23NO2. The SMILES string of the molecule is CCCCC/C=C\C1C[C@@H]1C(=O)NOc1ccccc1. The number of allylic oxidation sites excluding steroid dienone is 2. The van der Waals surface area contributed by atoms with E-state index in [1.807, 2.05) is 30.3 Å². The maximum atomic E-state index is 11.9. The fourth-order valence-electron chi connectivity index (χ4n) is 2.19. The Morgan fingerprint density at radius 3 is 2.90 bits per heavy atom. The van der Waals surface area contributed by atoms with E-state index >= 15 is 0 Å². The molecule has 3 heteroatoms. The van der Waals surface area contributed by atoms with Crippen LogP contribution in [0.5, 0.6) is 5.75 Å². The minimum Gasteiger partial charge on any atom is -0.380 e. The van der Waals surface area contributed by atoms with Gasteiger partial charge in [-0.25, -0.2) is 0 Å². The summed E-state index contributed by atoms with van der Waals surface area (Å²) in [5, 5.41) is 0. The average Bonchev–Trinajstić information content (AvgIpc) is 3.25. The summed E-state index contributed by atoms with van der Waals surface area (Å²) < 4.78 is 0. The standard InChI is InChI=1S/C17H23NO2/c1-2-3-4-5-7-10-14-13-16(14)17(19)18-20-15-11-8-6-9-12-15/h6-12,14,16H,2-5,13H2,1H3,(H,18,19)/b10-7-/t14?,16-/m0/s1. The predicted molar refractivity (Wildman–Crippen MR) is 80.1 cm³/mol. The van der Waals surface area contributed by atoms with Gasteiger partial charge in [0.2, 0.25) is 0 Å². The molecule has 20 heavy (non-hydrogen) atoms. The van der Waals surface area contributed by atoms with E-state index in [0.29, 0.717) is 11.7 Å². The molecule has 0 aliphatic heterocycles. The Labute approximate surface area is 121 Å². The van der Waals surface area contributed by atoms with Crippen molar-refractivity contribution in [2.45, 2.75) is 39.0 Å². The van der Waals surface area contributed by atoms with Crippen molar-refractivity contribution < 1.29 is 9.63 Å². The lowest BCUT2D eigenvalue weighted by Gasteiger charge is -2.05. The number of carbonyl (C=O) groups is 1. The quantitative estimate of drug-likeness (QED) is 0.443. The van der Waals surface area contributed by atoms with Gasteiger partial charge < -0.3 is 4.84 Å². The minimum atomic E-state index is -0.0166. The van der Waals surface area contributed by atoms with Crippen LogP contribution in [-0.2, 0) is 4.79 Å². The second kappa shape index (κ2) is 7.73. The highest BCUT2D eigenvalue weighted by atomic mass is 16.7. The summed E-state index contributed by atoms with van der Waals surface area (Å²) in [6.07, 6.45) is 10.2. The van der Waals surface area contributed by atoms with Gasteiger partial charge in [0.25, 0.3) is 5.91 Å². The molecule has 0 radical (unpaired) electrons. The molecule has 3 nitrogen and oxygen atoms in total. The average molecular weight is 273 g/mol. The van der Waals surface area contributed by atoms with Crippen LogP contribution in [0.3, 0.4) is 0 Å². The Balaban J connectivity index is 1.63. The zero-order valence-electron chi connectivity index (χ0n) is 12.0. The molecule has 0 spiro atoms. The van der Waals surface area contributed by atoms with Gasteiger partial charge in [0.1, 0.15) is 0 Å². The predicted octanol–water partition coefficient (Wildman–Crippen LogP) is 3.87. The van der Waals surface area contributed by atoms with Gasteiger partial charge in [-0.1, -0.05) is 50.1 Å². The van der Waals surface area contributed by atoms with E-state index in [4.69, 9.17) is 4.84 Å². The van der Waals surface area contributed by atoms with E-state index in [9.17, 15) is 4.79 Å². The number of carbonyl (C=O) groups excluding carboxylic acids is 1. The fourth-order valence-corrected chi connectivity index (χ4v) is 2.19. The monoisotopic (exact) mass is 273 g/mol. The largest absolute Gasteiger partial charge is 0.380 e. The third-order valence-corrected chi connectivity index (χ3v) is 3.55. The number of nitrogens with one attached hydrogen (secondary N) is 1. The number of amides is 1. The van der Waals surface area contributed by atoms with Crippen molar-refractivity contribution in [3.63, 3.8) is 0 Å². The van der Waals surface area contributed by atoms with Gasteiger partial charge in [0.15, 0.2) is 5.75 Å². The van der Waals surface area contributed by atoms with Crippen LogP contribution < -0.4 is 10.3 Å². The van der Waals surface area contributed by atoms with Crippen LogP contribution in [-0.4, -0.2) is 5.91 Å². The van der Waals surface area contributed by atoms with E-state index in [0.717, 1.165) is 12.8 Å². The summed E-state index contributed by atoms with van der Waals surface area (Å²) in [6, 6.07) is 9.30. The summed E-state index contributed by atoms with van der Waals surface area (Å²) in [5.74, 6) is 1.13. The number of hydrogen-bond donors (Lipinski definition) is 1. The number of hydrogen-bond acceptors (Lipinski definition) is 2. The lowest BCUT2D eigenvalue weighted by molar-refractivity contribution is -0.129. The fraction of sp³-hybridized carbons (Fsp3) is 0.471. The van der Waals surface area contributed by atoms with E-state index in [-0.39, 0.29) is 11.8 Å². The summed E-state index contributed by atoms with van der Waals surface area (Å²) in [7, 11) is 0. The third kappa shape index (κ3) is 4.72. The Bertz CT molecular complexity index is 442. The lowest BCUT2D eigenvalue weighted by atomic mass is 10.2. The zero-order valence-corrected chi connectivity index (χ0v) is 12.0. The van der Waals surface area contributed by atoms with Gasteiger partial charge in [-0.2, -0.15) is 5.48 Å². The number of rotatable bonds is 8. The van der Waals surface area contributed by atoms with Crippen molar-refractivity contribution in [3.05, 3.63) is 42.5 Å². The first-order chi connectivity index (χ1) is 9.81. The van der Waals surface area contributed by atoms with E-state index < -0.39 is 0 Å². The highest BCUT2D eigenvalue weighted by Gasteiger charge is 2.41. The number of hydroxylamine groups is 1. The minimum absolute atomic E-state index is 0.0166. The Morgan fingerprint density at radius 1 is 1.35 bits per heavy atom. The molecule has 1 saturated carbocycles. The third-order valence-electron chi connectivity index (χ3n) is 3.55. The molecule has 2 atom stereocenters. The van der Waals surface area contributed by atoms with Gasteiger partial charge >= 0.3 is 0 Å². The molecule has 0 bridgehead atoms. The normalized spacial score (nSPS) is 20.9. The van der Waals surface area contributed by atoms with Crippen molar-refractivity contribution in [2.75, 3.05) is 0 Å². The summed E-state index contributed by atoms with van der Waals surface area (Å²) >= 11 is 0. The molecule has 1 amide bonds. The van der Waals surface area contributed by atoms with Crippen LogP contribution in [0.15, 0.2) is 42.5 Å². The van der Waals surface area contributed by atoms with Crippen LogP contribution in [0.1, 0.15) is 39.0 Å². The maximum absolute atomic E-state index is 11.9.